The van der Waals surface area contributed by atoms with Gasteiger partial charge in [0.05, 0.1) is 60.9 Å². The lowest BCUT2D eigenvalue weighted by molar-refractivity contribution is -0.572. The van der Waals surface area contributed by atoms with E-state index < -0.39 is 155 Å². The fourth-order valence-corrected chi connectivity index (χ4v) is 15.3. The lowest BCUT2D eigenvalue weighted by atomic mass is 9.83. The van der Waals surface area contributed by atoms with Crippen LogP contribution in [-0.2, 0) is 16.2 Å². The number of rotatable bonds is 11. The molecule has 0 spiro atoms. The smallest absolute Gasteiger partial charge is 0.269 e. The number of hydrogen-bond acceptors (Lipinski definition) is 2. The van der Waals surface area contributed by atoms with E-state index in [1.165, 1.54) is 6.07 Å². The van der Waals surface area contributed by atoms with Crippen LogP contribution in [0.1, 0.15) is 106 Å². The SMILES string of the molecule is [2H]c1c([2H])c([2H])c(-c2cc(C(C)(C)C)c(-[n+]3[c-]n(-c4cccc(Oc5ccc6c7ccccc7n(-c7cc(C(C)(C)C)ccn7)c6c5)c4)c4cc(-c5ccc(C(C)(C)C)cc5)ccc43)c([Si](c3c([2H])c([2H])c([2H])c([2H])c3[2H])(c3c([2H])c([2H])c([2H])c([2H])c3[2H])c3c([2H])c([2H])c([2H])c([2H])c3[2H])c2)c([2H])c1[2H]. The molecular weight excluding hydrogens is 1040 g/mol. The Labute approximate surface area is 523 Å². The van der Waals surface area contributed by atoms with Crippen molar-refractivity contribution in [2.24, 2.45) is 0 Å². The molecule has 6 heteroatoms. The third kappa shape index (κ3) is 9.74. The molecule has 13 aromatic rings. The first kappa shape index (κ1) is 35.6. The molecule has 0 radical (unpaired) electrons. The largest absolute Gasteiger partial charge is 0.458 e. The van der Waals surface area contributed by atoms with Gasteiger partial charge < -0.3 is 4.74 Å². The highest BCUT2D eigenvalue weighted by Gasteiger charge is 2.45. The molecule has 5 nitrogen and oxygen atoms in total. The number of pyridine rings is 1. The molecule has 3 heterocycles. The van der Waals surface area contributed by atoms with Gasteiger partial charge in [0.1, 0.15) is 17.3 Å². The zero-order chi connectivity index (χ0) is 75.4. The highest BCUT2D eigenvalue weighted by molar-refractivity contribution is 7.20. The summed E-state index contributed by atoms with van der Waals surface area (Å²) in [6.45, 7) is 18.1. The number of imidazole rings is 1. The summed E-state index contributed by atoms with van der Waals surface area (Å²) in [6.07, 6.45) is 5.42. The molecule has 0 amide bonds. The van der Waals surface area contributed by atoms with Crippen molar-refractivity contribution in [3.63, 3.8) is 0 Å². The minimum atomic E-state index is -6.19. The summed E-state index contributed by atoms with van der Waals surface area (Å²) in [6, 6.07) is 23.0. The minimum absolute atomic E-state index is 0.0737. The van der Waals surface area contributed by atoms with Gasteiger partial charge in [-0.3, -0.25) is 13.7 Å². The zero-order valence-electron chi connectivity index (χ0n) is 68.0. The number of nitrogens with zero attached hydrogens (tertiary/aromatic N) is 4. The number of ether oxygens (including phenoxy) is 1. The number of aromatic nitrogens is 4. The number of benzene rings is 10. The van der Waals surface area contributed by atoms with E-state index in [-0.39, 0.29) is 32.8 Å². The van der Waals surface area contributed by atoms with Crippen LogP contribution in [0.25, 0.3) is 72.3 Å². The van der Waals surface area contributed by atoms with Crippen molar-refractivity contribution in [1.29, 1.82) is 0 Å². The van der Waals surface area contributed by atoms with E-state index in [0.717, 1.165) is 38.5 Å². The summed E-state index contributed by atoms with van der Waals surface area (Å²) in [5.74, 6) is 1.55. The third-order valence-electron chi connectivity index (χ3n) is 15.5. The molecule has 3 aromatic heterocycles. The molecule has 0 aliphatic heterocycles. The predicted octanol–water partition coefficient (Wildman–Crippen LogP) is 16.6. The van der Waals surface area contributed by atoms with Crippen molar-refractivity contribution in [2.75, 3.05) is 0 Å². The highest BCUT2D eigenvalue weighted by atomic mass is 28.3. The molecule has 0 atom stereocenters. The summed E-state index contributed by atoms with van der Waals surface area (Å²) >= 11 is 0. The summed E-state index contributed by atoms with van der Waals surface area (Å²) in [7, 11) is -6.19. The van der Waals surface area contributed by atoms with Crippen LogP contribution in [-0.4, -0.2) is 22.2 Å². The number of para-hydroxylation sites is 1. The van der Waals surface area contributed by atoms with Crippen LogP contribution in [0.15, 0.2) is 261 Å². The van der Waals surface area contributed by atoms with Gasteiger partial charge in [0.15, 0.2) is 8.07 Å². The average molecular weight is 1130 g/mol. The van der Waals surface area contributed by atoms with Gasteiger partial charge in [0, 0.05) is 23.0 Å². The Morgan fingerprint density at radius 1 is 0.464 bits per heavy atom. The molecule has 0 bridgehead atoms. The molecule has 10 aromatic carbocycles. The average Bonchev–Trinajstić information content (AvgIpc) is 0.713. The maximum absolute atomic E-state index is 10.2. The van der Waals surface area contributed by atoms with Crippen molar-refractivity contribution in [3.05, 3.63) is 284 Å². The van der Waals surface area contributed by atoms with Crippen molar-refractivity contribution < 1.29 is 36.7 Å². The van der Waals surface area contributed by atoms with Crippen molar-refractivity contribution in [2.45, 2.75) is 78.6 Å². The fourth-order valence-electron chi connectivity index (χ4n) is 11.3. The Balaban J connectivity index is 1.20. The van der Waals surface area contributed by atoms with Gasteiger partial charge in [-0.25, -0.2) is 4.98 Å². The Kier molecular flexibility index (Phi) is 8.95. The van der Waals surface area contributed by atoms with E-state index in [0.29, 0.717) is 39.6 Å². The molecule has 0 saturated carbocycles. The lowest BCUT2D eigenvalue weighted by Crippen LogP contribution is -2.76. The van der Waals surface area contributed by atoms with Gasteiger partial charge in [-0.2, -0.15) is 0 Å². The Bertz CT molecular complexity index is 5530. The van der Waals surface area contributed by atoms with Crippen LogP contribution >= 0.6 is 0 Å². The van der Waals surface area contributed by atoms with Gasteiger partial charge in [-0.15, -0.1) is 0 Å². The fraction of sp³-hybridized carbons (Fsp3) is 0.154. The van der Waals surface area contributed by atoms with Gasteiger partial charge in [0.25, 0.3) is 6.33 Å². The first-order valence-electron chi connectivity index (χ1n) is 37.7. The first-order valence-corrected chi connectivity index (χ1v) is 29.7. The lowest BCUT2D eigenvalue weighted by Gasteiger charge is -2.38. The quantitative estimate of drug-likeness (QED) is 0.0560. The summed E-state index contributed by atoms with van der Waals surface area (Å²) in [4.78, 5) is 4.88. The van der Waals surface area contributed by atoms with E-state index in [4.69, 9.17) is 17.9 Å². The first-order chi connectivity index (χ1) is 48.8. The molecule has 412 valence electrons. The monoisotopic (exact) mass is 1130 g/mol. The van der Waals surface area contributed by atoms with Crippen LogP contribution in [0.4, 0.5) is 0 Å². The topological polar surface area (TPSA) is 35.9 Å². The predicted molar refractivity (Wildman–Crippen MR) is 353 cm³/mol. The van der Waals surface area contributed by atoms with E-state index in [1.807, 2.05) is 91.1 Å². The molecule has 0 unspecified atom stereocenters. The second-order valence-electron chi connectivity index (χ2n) is 24.0. The molecule has 13 rings (SSSR count). The van der Waals surface area contributed by atoms with E-state index in [1.54, 1.807) is 60.2 Å². The van der Waals surface area contributed by atoms with Crippen molar-refractivity contribution >= 4 is 61.7 Å². The second kappa shape index (κ2) is 21.1. The normalized spacial score (nSPS) is 15.7. The van der Waals surface area contributed by atoms with E-state index in [2.05, 4.69) is 64.6 Å². The number of hydrogen-bond donors (Lipinski definition) is 0. The molecule has 0 N–H and O–H groups in total. The maximum atomic E-state index is 10.2. The second-order valence-corrected chi connectivity index (χ2v) is 27.5. The molecule has 0 fully saturated rings. The van der Waals surface area contributed by atoms with Crippen molar-refractivity contribution in [1.82, 2.24) is 14.1 Å². The van der Waals surface area contributed by atoms with Crippen LogP contribution in [0, 0.1) is 6.33 Å². The minimum Gasteiger partial charge on any atom is -0.458 e. The van der Waals surface area contributed by atoms with Crippen LogP contribution in [0.3, 0.4) is 0 Å². The van der Waals surface area contributed by atoms with Gasteiger partial charge >= 0.3 is 0 Å². The van der Waals surface area contributed by atoms with Gasteiger partial charge in [-0.1, -0.05) is 256 Å². The highest BCUT2D eigenvalue weighted by Crippen LogP contribution is 2.38. The summed E-state index contributed by atoms with van der Waals surface area (Å²) in [5, 5.41) is -0.814. The van der Waals surface area contributed by atoms with Crippen LogP contribution < -0.4 is 30.1 Å². The van der Waals surface area contributed by atoms with Gasteiger partial charge in [0.2, 0.25) is 0 Å². The summed E-state index contributed by atoms with van der Waals surface area (Å²) < 4.78 is 203. The molecule has 0 aliphatic rings. The Hall–Kier alpha value is -9.36. The maximum Gasteiger partial charge on any atom is 0.269 e. The van der Waals surface area contributed by atoms with Crippen LogP contribution in [0.5, 0.6) is 11.5 Å². The molecular formula is C78H70N4OSi. The third-order valence-corrected chi connectivity index (χ3v) is 19.7. The molecule has 0 saturated heterocycles. The van der Waals surface area contributed by atoms with Crippen LogP contribution in [0.2, 0.25) is 0 Å². The Morgan fingerprint density at radius 2 is 1.06 bits per heavy atom. The van der Waals surface area contributed by atoms with E-state index in [9.17, 15) is 19.2 Å². The van der Waals surface area contributed by atoms with E-state index >= 15 is 0 Å². The van der Waals surface area contributed by atoms with Crippen molar-refractivity contribution in [3.8, 4) is 50.9 Å². The summed E-state index contributed by atoms with van der Waals surface area (Å²) in [5.41, 5.74) is 4.44. The molecule has 84 heavy (non-hydrogen) atoms. The zero-order valence-corrected chi connectivity index (χ0v) is 49.0. The Morgan fingerprint density at radius 3 is 1.69 bits per heavy atom. The number of fused-ring (bicyclic) bond motifs is 4. The standard InChI is InChI=1S/C78H70N4OSi/c1-76(2,3)58-40-37-55(38-41-58)56-39-44-70-72(48-56)80(60-27-24-28-61(51-60)83-62-42-43-67-66-35-22-23-36-69(66)82(71(67)52-62)74-50-59(45-46-79-74)77(4,5)6)53-81(70)75-68(78(7,8)9)47-57(54-25-14-10-15-26-54)49-73(75)84(63-29-16-11-17-30-63,64-31-18-12-19-32-64)65-33-20-13-21-34-65/h10-52H,1-9H3/i10D,11D,12D,13D,14D,15D,16D,17D,18D,19D,20D,21D,25D,26D,29D,30D,31D,32D,33D,34D. The van der Waals surface area contributed by atoms with Gasteiger partial charge in [-0.05, 0) is 131 Å². The molecule has 0 aliphatic carbocycles.